The summed E-state index contributed by atoms with van der Waals surface area (Å²) in [5, 5.41) is 21.7. The van der Waals surface area contributed by atoms with Gasteiger partial charge in [0.05, 0.1) is 32.0 Å². The van der Waals surface area contributed by atoms with Crippen molar-refractivity contribution in [2.45, 2.75) is 31.6 Å². The monoisotopic (exact) mass is 265 g/mol. The number of rotatable bonds is 12. The first-order valence-corrected chi connectivity index (χ1v) is 6.25. The fourth-order valence-corrected chi connectivity index (χ4v) is 1.52. The minimum atomic E-state index is -0.581. The molecule has 0 radical (unpaired) electrons. The number of nitrogens with one attached hydrogen (secondary N) is 1. The molecule has 0 spiro atoms. The fraction of sp³-hybridized carbons (Fsp3) is 1.00. The predicted octanol–water partition coefficient (Wildman–Crippen LogP) is -0.614. The van der Waals surface area contributed by atoms with E-state index in [0.29, 0.717) is 26.2 Å². The molecule has 0 bridgehead atoms. The van der Waals surface area contributed by atoms with Gasteiger partial charge in [0.25, 0.3) is 0 Å². The minimum Gasteiger partial charge on any atom is -0.396 e. The molecule has 3 atom stereocenters. The molecule has 3 N–H and O–H groups in total. The minimum absolute atomic E-state index is 0.0307. The molecular weight excluding hydrogens is 238 g/mol. The first-order valence-electron chi connectivity index (χ1n) is 6.25. The summed E-state index contributed by atoms with van der Waals surface area (Å²) in [6, 6.07) is 0.0473. The summed E-state index contributed by atoms with van der Waals surface area (Å²) >= 11 is 0. The summed E-state index contributed by atoms with van der Waals surface area (Å²) in [5.74, 6) is 0. The Labute approximate surface area is 109 Å². The van der Waals surface area contributed by atoms with Crippen molar-refractivity contribution in [2.24, 2.45) is 0 Å². The summed E-state index contributed by atoms with van der Waals surface area (Å²) in [6.45, 7) is 3.68. The number of hydrogen-bond donors (Lipinski definition) is 3. The first-order chi connectivity index (χ1) is 8.63. The van der Waals surface area contributed by atoms with Crippen LogP contribution in [0.3, 0.4) is 0 Å². The second-order valence-corrected chi connectivity index (χ2v) is 4.33. The highest BCUT2D eigenvalue weighted by Gasteiger charge is 2.12. The lowest BCUT2D eigenvalue weighted by Gasteiger charge is -2.20. The third-order valence-corrected chi connectivity index (χ3v) is 2.46. The molecule has 3 unspecified atom stereocenters. The highest BCUT2D eigenvalue weighted by molar-refractivity contribution is 4.69. The molecule has 0 rings (SSSR count). The molecule has 0 aliphatic carbocycles. The lowest BCUT2D eigenvalue weighted by Crippen LogP contribution is -2.40. The summed E-state index contributed by atoms with van der Waals surface area (Å²) in [7, 11) is 3.22. The zero-order valence-corrected chi connectivity index (χ0v) is 11.6. The summed E-state index contributed by atoms with van der Waals surface area (Å²) < 4.78 is 15.3. The largest absolute Gasteiger partial charge is 0.396 e. The van der Waals surface area contributed by atoms with Crippen LogP contribution < -0.4 is 5.32 Å². The zero-order chi connectivity index (χ0) is 13.8. The van der Waals surface area contributed by atoms with E-state index in [4.69, 9.17) is 19.3 Å². The summed E-state index contributed by atoms with van der Waals surface area (Å²) in [4.78, 5) is 0. The average molecular weight is 265 g/mol. The number of methoxy groups -OCH3 is 2. The van der Waals surface area contributed by atoms with Gasteiger partial charge in [-0.15, -0.1) is 0 Å². The molecule has 0 aromatic rings. The van der Waals surface area contributed by atoms with Crippen molar-refractivity contribution in [3.05, 3.63) is 0 Å². The number of aliphatic hydroxyl groups is 2. The van der Waals surface area contributed by atoms with Crippen LogP contribution in [-0.4, -0.2) is 75.7 Å². The van der Waals surface area contributed by atoms with E-state index in [2.05, 4.69) is 5.32 Å². The van der Waals surface area contributed by atoms with Crippen LogP contribution in [0, 0.1) is 0 Å². The van der Waals surface area contributed by atoms with Crippen LogP contribution in [0.2, 0.25) is 0 Å². The Bertz CT molecular complexity index is 176. The standard InChI is InChI=1S/C12H27NO5/c1-10(7-16-2)18-9-12(15)6-13-11(4-5-14)8-17-3/h10-15H,4-9H2,1-3H3. The van der Waals surface area contributed by atoms with Gasteiger partial charge in [-0.1, -0.05) is 0 Å². The van der Waals surface area contributed by atoms with Gasteiger partial charge in [0.1, 0.15) is 0 Å². The van der Waals surface area contributed by atoms with Crippen molar-refractivity contribution in [1.82, 2.24) is 5.32 Å². The van der Waals surface area contributed by atoms with Gasteiger partial charge in [0.2, 0.25) is 0 Å². The molecule has 6 nitrogen and oxygen atoms in total. The van der Waals surface area contributed by atoms with Crippen molar-refractivity contribution < 1.29 is 24.4 Å². The summed E-state index contributed by atoms with van der Waals surface area (Å²) in [6.07, 6.45) is -0.0131. The van der Waals surface area contributed by atoms with Crippen LogP contribution in [-0.2, 0) is 14.2 Å². The van der Waals surface area contributed by atoms with Gasteiger partial charge in [-0.25, -0.2) is 0 Å². The Kier molecular flexibility index (Phi) is 11.7. The van der Waals surface area contributed by atoms with Crippen molar-refractivity contribution >= 4 is 0 Å². The topological polar surface area (TPSA) is 80.2 Å². The van der Waals surface area contributed by atoms with Crippen molar-refractivity contribution in [3.63, 3.8) is 0 Å². The molecule has 6 heteroatoms. The SMILES string of the molecule is COCC(CCO)NCC(O)COC(C)COC. The van der Waals surface area contributed by atoms with Crippen LogP contribution in [0.4, 0.5) is 0 Å². The van der Waals surface area contributed by atoms with Gasteiger partial charge in [-0.3, -0.25) is 0 Å². The third-order valence-electron chi connectivity index (χ3n) is 2.46. The molecular formula is C12H27NO5. The smallest absolute Gasteiger partial charge is 0.0897 e. The molecule has 18 heavy (non-hydrogen) atoms. The molecule has 0 amide bonds. The quantitative estimate of drug-likeness (QED) is 0.437. The van der Waals surface area contributed by atoms with E-state index in [-0.39, 0.29) is 25.4 Å². The lowest BCUT2D eigenvalue weighted by molar-refractivity contribution is -0.0322. The van der Waals surface area contributed by atoms with Gasteiger partial charge in [0.15, 0.2) is 0 Å². The number of hydrogen-bond acceptors (Lipinski definition) is 6. The predicted molar refractivity (Wildman–Crippen MR) is 68.7 cm³/mol. The van der Waals surface area contributed by atoms with Crippen LogP contribution in [0.25, 0.3) is 0 Å². The molecule has 0 aromatic carbocycles. The van der Waals surface area contributed by atoms with E-state index in [9.17, 15) is 5.11 Å². The lowest BCUT2D eigenvalue weighted by atomic mass is 10.2. The second-order valence-electron chi connectivity index (χ2n) is 4.33. The Morgan fingerprint density at radius 2 is 1.78 bits per heavy atom. The van der Waals surface area contributed by atoms with Crippen molar-refractivity contribution in [1.29, 1.82) is 0 Å². The van der Waals surface area contributed by atoms with Crippen LogP contribution in [0.5, 0.6) is 0 Å². The van der Waals surface area contributed by atoms with Gasteiger partial charge < -0.3 is 29.7 Å². The van der Waals surface area contributed by atoms with Crippen LogP contribution in [0.15, 0.2) is 0 Å². The van der Waals surface area contributed by atoms with Crippen LogP contribution in [0.1, 0.15) is 13.3 Å². The van der Waals surface area contributed by atoms with E-state index in [1.807, 2.05) is 6.92 Å². The maximum absolute atomic E-state index is 9.72. The van der Waals surface area contributed by atoms with E-state index in [0.717, 1.165) is 0 Å². The van der Waals surface area contributed by atoms with Gasteiger partial charge >= 0.3 is 0 Å². The zero-order valence-electron chi connectivity index (χ0n) is 11.6. The van der Waals surface area contributed by atoms with E-state index in [1.165, 1.54) is 0 Å². The number of aliphatic hydroxyl groups excluding tert-OH is 2. The van der Waals surface area contributed by atoms with Gasteiger partial charge in [-0.2, -0.15) is 0 Å². The van der Waals surface area contributed by atoms with E-state index >= 15 is 0 Å². The first kappa shape index (κ1) is 17.8. The van der Waals surface area contributed by atoms with Gasteiger partial charge in [0, 0.05) is 33.4 Å². The Morgan fingerprint density at radius 3 is 2.33 bits per heavy atom. The Hall–Kier alpha value is -0.240. The molecule has 110 valence electrons. The molecule has 0 saturated carbocycles. The fourth-order valence-electron chi connectivity index (χ4n) is 1.52. The third kappa shape index (κ3) is 9.76. The molecule has 0 heterocycles. The van der Waals surface area contributed by atoms with Crippen LogP contribution >= 0.6 is 0 Å². The molecule has 0 aliphatic rings. The van der Waals surface area contributed by atoms with Gasteiger partial charge in [-0.05, 0) is 13.3 Å². The highest BCUT2D eigenvalue weighted by Crippen LogP contribution is 1.96. The average Bonchev–Trinajstić information content (AvgIpc) is 2.34. The molecule has 0 saturated heterocycles. The maximum Gasteiger partial charge on any atom is 0.0897 e. The maximum atomic E-state index is 9.72. The summed E-state index contributed by atoms with van der Waals surface area (Å²) in [5.41, 5.74) is 0. The second kappa shape index (κ2) is 11.8. The van der Waals surface area contributed by atoms with E-state index in [1.54, 1.807) is 14.2 Å². The van der Waals surface area contributed by atoms with E-state index < -0.39 is 6.10 Å². The normalized spacial score (nSPS) is 16.5. The number of ether oxygens (including phenoxy) is 3. The van der Waals surface area contributed by atoms with Crippen molar-refractivity contribution in [3.8, 4) is 0 Å². The Morgan fingerprint density at radius 1 is 1.11 bits per heavy atom. The Balaban J connectivity index is 3.68. The molecule has 0 aromatic heterocycles. The van der Waals surface area contributed by atoms with Crippen molar-refractivity contribution in [2.75, 3.05) is 47.2 Å². The molecule has 0 fully saturated rings. The highest BCUT2D eigenvalue weighted by atomic mass is 16.5. The molecule has 0 aliphatic heterocycles.